The van der Waals surface area contributed by atoms with Crippen molar-refractivity contribution in [2.45, 2.75) is 24.2 Å². The van der Waals surface area contributed by atoms with Gasteiger partial charge in [0.2, 0.25) is 15.9 Å². The highest BCUT2D eigenvalue weighted by atomic mass is 32.2. The standard InChI is InChI=1S/C17H25N3O4S/c18-12-13-3-1-6-16(13)17(21)19-14-4-2-5-15(11-14)25(22,23)20-7-9-24-10-8-20/h2,4-5,11,13,16H,1,3,6-10,12,18H2,(H,19,21)/t13-,16-/m1/s1. The van der Waals surface area contributed by atoms with Crippen molar-refractivity contribution in [3.8, 4) is 0 Å². The summed E-state index contributed by atoms with van der Waals surface area (Å²) in [5.41, 5.74) is 6.25. The molecule has 25 heavy (non-hydrogen) atoms. The van der Waals surface area contributed by atoms with Gasteiger partial charge in [0.25, 0.3) is 0 Å². The molecule has 0 unspecified atom stereocenters. The Bertz CT molecular complexity index is 716. The minimum Gasteiger partial charge on any atom is -0.379 e. The Labute approximate surface area is 148 Å². The molecule has 3 N–H and O–H groups in total. The van der Waals surface area contributed by atoms with Crippen molar-refractivity contribution in [2.75, 3.05) is 38.2 Å². The molecule has 0 bridgehead atoms. The number of carbonyl (C=O) groups is 1. The fourth-order valence-corrected chi connectivity index (χ4v) is 5.02. The summed E-state index contributed by atoms with van der Waals surface area (Å²) in [5, 5.41) is 2.86. The fraction of sp³-hybridized carbons (Fsp3) is 0.588. The Morgan fingerprint density at radius 1 is 1.28 bits per heavy atom. The van der Waals surface area contributed by atoms with Crippen molar-refractivity contribution >= 4 is 21.6 Å². The molecule has 2 fully saturated rings. The number of benzene rings is 1. The number of nitrogens with one attached hydrogen (secondary N) is 1. The molecular formula is C17H25N3O4S. The number of anilines is 1. The Balaban J connectivity index is 1.74. The maximum Gasteiger partial charge on any atom is 0.243 e. The lowest BCUT2D eigenvalue weighted by Gasteiger charge is -2.26. The van der Waals surface area contributed by atoms with Gasteiger partial charge in [-0.25, -0.2) is 8.42 Å². The lowest BCUT2D eigenvalue weighted by atomic mass is 9.95. The topological polar surface area (TPSA) is 102 Å². The van der Waals surface area contributed by atoms with Gasteiger partial charge in [0.05, 0.1) is 18.1 Å². The van der Waals surface area contributed by atoms with Crippen molar-refractivity contribution in [1.29, 1.82) is 0 Å². The predicted molar refractivity (Wildman–Crippen MR) is 94.5 cm³/mol. The van der Waals surface area contributed by atoms with Crippen LogP contribution in [0.3, 0.4) is 0 Å². The average molecular weight is 367 g/mol. The summed E-state index contributed by atoms with van der Waals surface area (Å²) in [6, 6.07) is 6.44. The van der Waals surface area contributed by atoms with E-state index < -0.39 is 10.0 Å². The molecule has 1 aromatic rings. The molecule has 1 aliphatic carbocycles. The molecular weight excluding hydrogens is 342 g/mol. The molecule has 2 atom stereocenters. The summed E-state index contributed by atoms with van der Waals surface area (Å²) in [5.74, 6) is 0.0404. The highest BCUT2D eigenvalue weighted by molar-refractivity contribution is 7.89. The van der Waals surface area contributed by atoms with Crippen LogP contribution in [0.1, 0.15) is 19.3 Å². The van der Waals surface area contributed by atoms with Gasteiger partial charge in [-0.1, -0.05) is 12.5 Å². The SMILES string of the molecule is NC[C@H]1CCC[C@H]1C(=O)Nc1cccc(S(=O)(=O)N2CCOCC2)c1. The van der Waals surface area contributed by atoms with Gasteiger partial charge >= 0.3 is 0 Å². The van der Waals surface area contributed by atoms with Crippen LogP contribution in [0.4, 0.5) is 5.69 Å². The molecule has 2 aliphatic rings. The first kappa shape index (κ1) is 18.3. The van der Waals surface area contributed by atoms with Crippen LogP contribution in [0.2, 0.25) is 0 Å². The van der Waals surface area contributed by atoms with Crippen LogP contribution in [0, 0.1) is 11.8 Å². The second-order valence-electron chi connectivity index (χ2n) is 6.57. The number of carbonyl (C=O) groups excluding carboxylic acids is 1. The third kappa shape index (κ3) is 4.03. The van der Waals surface area contributed by atoms with Gasteiger partial charge in [-0.3, -0.25) is 4.79 Å². The summed E-state index contributed by atoms with van der Waals surface area (Å²) < 4.78 is 32.1. The largest absolute Gasteiger partial charge is 0.379 e. The molecule has 1 aliphatic heterocycles. The third-order valence-corrected chi connectivity index (χ3v) is 6.90. The molecule has 0 radical (unpaired) electrons. The Morgan fingerprint density at radius 3 is 2.76 bits per heavy atom. The van der Waals surface area contributed by atoms with Gasteiger partial charge in [0.15, 0.2) is 0 Å². The summed E-state index contributed by atoms with van der Waals surface area (Å²) in [7, 11) is -3.57. The quantitative estimate of drug-likeness (QED) is 0.809. The highest BCUT2D eigenvalue weighted by Crippen LogP contribution is 2.32. The fourth-order valence-electron chi connectivity index (χ4n) is 3.57. The van der Waals surface area contributed by atoms with Crippen LogP contribution in [-0.2, 0) is 19.6 Å². The van der Waals surface area contributed by atoms with Crippen molar-refractivity contribution in [3.05, 3.63) is 24.3 Å². The zero-order valence-electron chi connectivity index (χ0n) is 14.2. The number of ether oxygens (including phenoxy) is 1. The smallest absolute Gasteiger partial charge is 0.243 e. The van der Waals surface area contributed by atoms with E-state index in [9.17, 15) is 13.2 Å². The molecule has 0 aromatic heterocycles. The van der Waals surface area contributed by atoms with Crippen molar-refractivity contribution in [2.24, 2.45) is 17.6 Å². The lowest BCUT2D eigenvalue weighted by molar-refractivity contribution is -0.120. The number of hydrogen-bond acceptors (Lipinski definition) is 5. The third-order valence-electron chi connectivity index (χ3n) is 5.01. The normalized spacial score (nSPS) is 25.0. The van der Waals surface area contributed by atoms with Gasteiger partial charge in [-0.2, -0.15) is 4.31 Å². The average Bonchev–Trinajstić information content (AvgIpc) is 3.11. The van der Waals surface area contributed by atoms with E-state index in [4.69, 9.17) is 10.5 Å². The van der Waals surface area contributed by atoms with Crippen molar-refractivity contribution in [3.63, 3.8) is 0 Å². The summed E-state index contributed by atoms with van der Waals surface area (Å²) in [6.07, 6.45) is 2.81. The van der Waals surface area contributed by atoms with Gasteiger partial charge in [0.1, 0.15) is 0 Å². The molecule has 7 nitrogen and oxygen atoms in total. The maximum atomic E-state index is 12.7. The van der Waals surface area contributed by atoms with Gasteiger partial charge in [-0.05, 0) is 43.5 Å². The van der Waals surface area contributed by atoms with E-state index in [1.807, 2.05) is 0 Å². The van der Waals surface area contributed by atoms with E-state index in [1.54, 1.807) is 18.2 Å². The van der Waals surface area contributed by atoms with Crippen molar-refractivity contribution < 1.29 is 17.9 Å². The second-order valence-corrected chi connectivity index (χ2v) is 8.50. The molecule has 0 spiro atoms. The van der Waals surface area contributed by atoms with E-state index in [0.29, 0.717) is 38.5 Å². The number of amides is 1. The first-order valence-electron chi connectivity index (χ1n) is 8.71. The van der Waals surface area contributed by atoms with Crippen LogP contribution < -0.4 is 11.1 Å². The van der Waals surface area contributed by atoms with Crippen LogP contribution in [0.5, 0.6) is 0 Å². The van der Waals surface area contributed by atoms with Gasteiger partial charge < -0.3 is 15.8 Å². The molecule has 1 aromatic carbocycles. The Hall–Kier alpha value is -1.48. The van der Waals surface area contributed by atoms with E-state index in [-0.39, 0.29) is 22.6 Å². The number of morpholine rings is 1. The summed E-state index contributed by atoms with van der Waals surface area (Å²) >= 11 is 0. The van der Waals surface area contributed by atoms with Crippen LogP contribution in [0.25, 0.3) is 0 Å². The molecule has 138 valence electrons. The van der Waals surface area contributed by atoms with E-state index in [2.05, 4.69) is 5.32 Å². The minimum absolute atomic E-state index is 0.0751. The minimum atomic E-state index is -3.57. The molecule has 1 saturated carbocycles. The van der Waals surface area contributed by atoms with Gasteiger partial charge in [-0.15, -0.1) is 0 Å². The number of sulfonamides is 1. The predicted octanol–water partition coefficient (Wildman–Crippen LogP) is 1.02. The van der Waals surface area contributed by atoms with E-state index in [1.165, 1.54) is 10.4 Å². The second kappa shape index (κ2) is 7.82. The van der Waals surface area contributed by atoms with E-state index >= 15 is 0 Å². The van der Waals surface area contributed by atoms with Crippen LogP contribution in [-0.4, -0.2) is 51.5 Å². The van der Waals surface area contributed by atoms with Gasteiger partial charge in [0, 0.05) is 24.7 Å². The Kier molecular flexibility index (Phi) is 5.73. The first-order chi connectivity index (χ1) is 12.0. The maximum absolute atomic E-state index is 12.7. The number of rotatable bonds is 5. The van der Waals surface area contributed by atoms with Crippen LogP contribution >= 0.6 is 0 Å². The number of nitrogens with two attached hydrogens (primary N) is 1. The summed E-state index contributed by atoms with van der Waals surface area (Å²) in [6.45, 7) is 2.00. The first-order valence-corrected chi connectivity index (χ1v) is 10.2. The monoisotopic (exact) mass is 367 g/mol. The van der Waals surface area contributed by atoms with E-state index in [0.717, 1.165) is 19.3 Å². The Morgan fingerprint density at radius 2 is 2.04 bits per heavy atom. The molecule has 8 heteroatoms. The zero-order chi connectivity index (χ0) is 17.9. The number of nitrogens with zero attached hydrogens (tertiary/aromatic N) is 1. The molecule has 3 rings (SSSR count). The molecule has 1 heterocycles. The van der Waals surface area contributed by atoms with Crippen LogP contribution in [0.15, 0.2) is 29.2 Å². The zero-order valence-corrected chi connectivity index (χ0v) is 15.0. The van der Waals surface area contributed by atoms with Crippen molar-refractivity contribution in [1.82, 2.24) is 4.31 Å². The lowest BCUT2D eigenvalue weighted by Crippen LogP contribution is -2.40. The number of hydrogen-bond donors (Lipinski definition) is 2. The molecule has 1 saturated heterocycles. The summed E-state index contributed by atoms with van der Waals surface area (Å²) in [4.78, 5) is 12.7. The highest BCUT2D eigenvalue weighted by Gasteiger charge is 2.32. The molecule has 1 amide bonds.